The first-order valence-corrected chi connectivity index (χ1v) is 6.02. The molecule has 1 aliphatic heterocycles. The average molecular weight is 203 g/mol. The van der Waals surface area contributed by atoms with Crippen LogP contribution in [-0.4, -0.2) is 18.0 Å². The molecule has 0 saturated carbocycles. The van der Waals surface area contributed by atoms with E-state index in [4.69, 9.17) is 0 Å². The maximum absolute atomic E-state index is 2.58. The summed E-state index contributed by atoms with van der Waals surface area (Å²) < 4.78 is 0. The summed E-state index contributed by atoms with van der Waals surface area (Å²) in [7, 11) is 0. The SMILES string of the molecule is CC(C)[C@@H]1CCN(Cc2ccccc2)C1. The van der Waals surface area contributed by atoms with Crippen molar-refractivity contribution in [3.05, 3.63) is 35.9 Å². The van der Waals surface area contributed by atoms with Crippen molar-refractivity contribution in [2.24, 2.45) is 11.8 Å². The molecule has 0 aromatic heterocycles. The zero-order valence-electron chi connectivity index (χ0n) is 9.82. The molecule has 1 aliphatic rings. The molecule has 1 atom stereocenters. The Hall–Kier alpha value is -0.820. The maximum Gasteiger partial charge on any atom is 0.0233 e. The van der Waals surface area contributed by atoms with Gasteiger partial charge in [-0.15, -0.1) is 0 Å². The van der Waals surface area contributed by atoms with Crippen LogP contribution in [0.15, 0.2) is 30.3 Å². The molecule has 1 heteroatoms. The van der Waals surface area contributed by atoms with Crippen LogP contribution in [0.3, 0.4) is 0 Å². The van der Waals surface area contributed by atoms with Gasteiger partial charge in [0.1, 0.15) is 0 Å². The molecular weight excluding hydrogens is 182 g/mol. The van der Waals surface area contributed by atoms with Crippen LogP contribution in [0.2, 0.25) is 0 Å². The van der Waals surface area contributed by atoms with Crippen LogP contribution >= 0.6 is 0 Å². The van der Waals surface area contributed by atoms with Gasteiger partial charge in [-0.05, 0) is 30.4 Å². The van der Waals surface area contributed by atoms with Crippen molar-refractivity contribution in [3.8, 4) is 0 Å². The van der Waals surface area contributed by atoms with E-state index in [0.29, 0.717) is 0 Å². The Bertz CT molecular complexity index is 291. The fraction of sp³-hybridized carbons (Fsp3) is 0.571. The van der Waals surface area contributed by atoms with Gasteiger partial charge in [-0.3, -0.25) is 4.90 Å². The maximum atomic E-state index is 2.58. The molecule has 82 valence electrons. The van der Waals surface area contributed by atoms with Crippen molar-refractivity contribution < 1.29 is 0 Å². The molecule has 0 radical (unpaired) electrons. The van der Waals surface area contributed by atoms with Crippen molar-refractivity contribution in [2.45, 2.75) is 26.8 Å². The Morgan fingerprint density at radius 1 is 1.27 bits per heavy atom. The van der Waals surface area contributed by atoms with E-state index in [0.717, 1.165) is 18.4 Å². The first-order valence-electron chi connectivity index (χ1n) is 6.02. The monoisotopic (exact) mass is 203 g/mol. The van der Waals surface area contributed by atoms with Crippen LogP contribution < -0.4 is 0 Å². The quantitative estimate of drug-likeness (QED) is 0.729. The predicted molar refractivity (Wildman–Crippen MR) is 64.7 cm³/mol. The highest BCUT2D eigenvalue weighted by molar-refractivity contribution is 5.14. The molecule has 1 fully saturated rings. The number of rotatable bonds is 3. The zero-order chi connectivity index (χ0) is 10.7. The molecule has 0 amide bonds. The lowest BCUT2D eigenvalue weighted by Crippen LogP contribution is -2.21. The molecule has 15 heavy (non-hydrogen) atoms. The lowest BCUT2D eigenvalue weighted by Gasteiger charge is -2.17. The van der Waals surface area contributed by atoms with Crippen LogP contribution in [0.4, 0.5) is 0 Å². The highest BCUT2D eigenvalue weighted by Gasteiger charge is 2.24. The van der Waals surface area contributed by atoms with Gasteiger partial charge in [-0.2, -0.15) is 0 Å². The Morgan fingerprint density at radius 3 is 2.60 bits per heavy atom. The van der Waals surface area contributed by atoms with Gasteiger partial charge in [0.05, 0.1) is 0 Å². The fourth-order valence-electron chi connectivity index (χ4n) is 2.39. The van der Waals surface area contributed by atoms with Crippen LogP contribution in [0.1, 0.15) is 25.8 Å². The van der Waals surface area contributed by atoms with E-state index in [1.165, 1.54) is 25.1 Å². The Morgan fingerprint density at radius 2 is 2.00 bits per heavy atom. The van der Waals surface area contributed by atoms with Crippen LogP contribution in [0.25, 0.3) is 0 Å². The second-order valence-electron chi connectivity index (χ2n) is 5.01. The van der Waals surface area contributed by atoms with E-state index in [1.807, 2.05) is 0 Å². The normalized spacial score (nSPS) is 22.5. The molecule has 1 aromatic carbocycles. The molecule has 1 saturated heterocycles. The number of hydrogen-bond donors (Lipinski definition) is 0. The van der Waals surface area contributed by atoms with Crippen LogP contribution in [0.5, 0.6) is 0 Å². The van der Waals surface area contributed by atoms with Crippen molar-refractivity contribution in [1.29, 1.82) is 0 Å². The number of nitrogens with zero attached hydrogens (tertiary/aromatic N) is 1. The third kappa shape index (κ3) is 2.82. The summed E-state index contributed by atoms with van der Waals surface area (Å²) in [5.41, 5.74) is 1.45. The average Bonchev–Trinajstić information content (AvgIpc) is 2.68. The highest BCUT2D eigenvalue weighted by Crippen LogP contribution is 2.24. The topological polar surface area (TPSA) is 3.24 Å². The van der Waals surface area contributed by atoms with Crippen molar-refractivity contribution in [1.82, 2.24) is 4.90 Å². The first kappa shape index (κ1) is 10.7. The molecule has 1 nitrogen and oxygen atoms in total. The van der Waals surface area contributed by atoms with Gasteiger partial charge in [0.2, 0.25) is 0 Å². The summed E-state index contributed by atoms with van der Waals surface area (Å²) in [6, 6.07) is 10.8. The van der Waals surface area contributed by atoms with E-state index in [1.54, 1.807) is 0 Å². The second kappa shape index (κ2) is 4.80. The minimum Gasteiger partial charge on any atom is -0.299 e. The standard InChI is InChI=1S/C14H21N/c1-12(2)14-8-9-15(11-14)10-13-6-4-3-5-7-13/h3-7,12,14H,8-11H2,1-2H3/t14-/m1/s1. The van der Waals surface area contributed by atoms with Crippen molar-refractivity contribution in [3.63, 3.8) is 0 Å². The van der Waals surface area contributed by atoms with E-state index in [2.05, 4.69) is 49.1 Å². The molecule has 1 heterocycles. The molecule has 0 bridgehead atoms. The molecule has 0 unspecified atom stereocenters. The van der Waals surface area contributed by atoms with Crippen LogP contribution in [-0.2, 0) is 6.54 Å². The Labute approximate surface area is 93.1 Å². The van der Waals surface area contributed by atoms with E-state index in [-0.39, 0.29) is 0 Å². The second-order valence-corrected chi connectivity index (χ2v) is 5.01. The first-order chi connectivity index (χ1) is 7.25. The van der Waals surface area contributed by atoms with Gasteiger partial charge in [-0.1, -0.05) is 44.2 Å². The summed E-state index contributed by atoms with van der Waals surface area (Å²) in [6.45, 7) is 8.38. The van der Waals surface area contributed by atoms with E-state index < -0.39 is 0 Å². The van der Waals surface area contributed by atoms with Gasteiger partial charge < -0.3 is 0 Å². The molecule has 0 aliphatic carbocycles. The fourth-order valence-corrected chi connectivity index (χ4v) is 2.39. The zero-order valence-corrected chi connectivity index (χ0v) is 9.82. The summed E-state index contributed by atoms with van der Waals surface area (Å²) in [5.74, 6) is 1.75. The lowest BCUT2D eigenvalue weighted by atomic mass is 9.95. The summed E-state index contributed by atoms with van der Waals surface area (Å²) >= 11 is 0. The van der Waals surface area contributed by atoms with E-state index >= 15 is 0 Å². The van der Waals surface area contributed by atoms with Crippen LogP contribution in [0, 0.1) is 11.8 Å². The minimum atomic E-state index is 0.839. The van der Waals surface area contributed by atoms with Crippen molar-refractivity contribution >= 4 is 0 Å². The smallest absolute Gasteiger partial charge is 0.0233 e. The number of benzene rings is 1. The third-order valence-corrected chi connectivity index (χ3v) is 3.50. The molecule has 1 aromatic rings. The van der Waals surface area contributed by atoms with Gasteiger partial charge in [-0.25, -0.2) is 0 Å². The summed E-state index contributed by atoms with van der Waals surface area (Å²) in [6.07, 6.45) is 1.38. The molecule has 2 rings (SSSR count). The molecule has 0 spiro atoms. The highest BCUT2D eigenvalue weighted by atomic mass is 15.1. The Balaban J connectivity index is 1.88. The minimum absolute atomic E-state index is 0.839. The third-order valence-electron chi connectivity index (χ3n) is 3.50. The van der Waals surface area contributed by atoms with Gasteiger partial charge in [0.15, 0.2) is 0 Å². The van der Waals surface area contributed by atoms with Crippen molar-refractivity contribution in [2.75, 3.05) is 13.1 Å². The Kier molecular flexibility index (Phi) is 3.42. The predicted octanol–water partition coefficient (Wildman–Crippen LogP) is 3.16. The number of hydrogen-bond acceptors (Lipinski definition) is 1. The summed E-state index contributed by atoms with van der Waals surface area (Å²) in [5, 5.41) is 0. The lowest BCUT2D eigenvalue weighted by molar-refractivity contribution is 0.297. The van der Waals surface area contributed by atoms with Gasteiger partial charge in [0.25, 0.3) is 0 Å². The molecular formula is C14H21N. The summed E-state index contributed by atoms with van der Waals surface area (Å²) in [4.78, 5) is 2.58. The van der Waals surface area contributed by atoms with Gasteiger partial charge in [0, 0.05) is 13.1 Å². The van der Waals surface area contributed by atoms with E-state index in [9.17, 15) is 0 Å². The largest absolute Gasteiger partial charge is 0.299 e. The van der Waals surface area contributed by atoms with Gasteiger partial charge >= 0.3 is 0 Å². The number of likely N-dealkylation sites (tertiary alicyclic amines) is 1. The molecule has 0 N–H and O–H groups in total.